The molecule has 2 nitrogen and oxygen atoms in total. The van der Waals surface area contributed by atoms with Crippen LogP contribution in [0.15, 0.2) is 42.5 Å². The third kappa shape index (κ3) is 2.26. The van der Waals surface area contributed by atoms with Crippen LogP contribution in [-0.4, -0.2) is 17.8 Å². The number of hydrogen-bond donors (Lipinski definition) is 0. The zero-order valence-corrected chi connectivity index (χ0v) is 14.2. The molecule has 2 heterocycles. The molecule has 4 heteroatoms. The van der Waals surface area contributed by atoms with E-state index in [1.54, 1.807) is 11.3 Å². The first-order chi connectivity index (χ1) is 9.77. The first-order valence-corrected chi connectivity index (χ1v) is 8.25. The summed E-state index contributed by atoms with van der Waals surface area (Å²) in [4.78, 5) is 1.27. The van der Waals surface area contributed by atoms with Crippen molar-refractivity contribution < 1.29 is 9.31 Å². The zero-order valence-electron chi connectivity index (χ0n) is 13.3. The summed E-state index contributed by atoms with van der Waals surface area (Å²) in [5, 5.41) is 0. The van der Waals surface area contributed by atoms with E-state index in [1.807, 2.05) is 18.2 Å². The molecule has 1 aromatic heterocycles. The van der Waals surface area contributed by atoms with Crippen molar-refractivity contribution in [3.63, 3.8) is 0 Å². The van der Waals surface area contributed by atoms with Gasteiger partial charge in [0.2, 0.25) is 0 Å². The number of aryl methyl sites for hydroxylation is 1. The number of benzene rings is 1. The number of rotatable bonds is 2. The van der Waals surface area contributed by atoms with Gasteiger partial charge in [0.1, 0.15) is 0 Å². The van der Waals surface area contributed by atoms with Crippen LogP contribution in [0.5, 0.6) is 0 Å². The van der Waals surface area contributed by atoms with E-state index in [2.05, 4.69) is 58.9 Å². The lowest BCUT2D eigenvalue weighted by Gasteiger charge is -2.37. The summed E-state index contributed by atoms with van der Waals surface area (Å²) in [5.74, 6) is 0. The van der Waals surface area contributed by atoms with Gasteiger partial charge in [-0.25, -0.2) is 0 Å². The zero-order chi connectivity index (χ0) is 15.3. The van der Waals surface area contributed by atoms with Gasteiger partial charge in [0.15, 0.2) is 0 Å². The van der Waals surface area contributed by atoms with Crippen molar-refractivity contribution in [2.24, 2.45) is 0 Å². The molecule has 0 amide bonds. The fraction of sp³-hybridized carbons (Fsp3) is 0.412. The van der Waals surface area contributed by atoms with Gasteiger partial charge in [-0.1, -0.05) is 47.2 Å². The molecule has 0 N–H and O–H groups in total. The fourth-order valence-electron chi connectivity index (χ4n) is 2.92. The van der Waals surface area contributed by atoms with Crippen LogP contribution in [0.4, 0.5) is 0 Å². The van der Waals surface area contributed by atoms with Crippen molar-refractivity contribution in [2.45, 2.75) is 45.8 Å². The monoisotopic (exact) mass is 301 g/mol. The van der Waals surface area contributed by atoms with E-state index in [1.165, 1.54) is 4.88 Å². The molecule has 2 aromatic rings. The van der Waals surface area contributed by atoms with E-state index in [0.29, 0.717) is 0 Å². The molecule has 0 aliphatic carbocycles. The van der Waals surface area contributed by atoms with Crippen molar-refractivity contribution in [2.75, 3.05) is 0 Å². The third-order valence-corrected chi connectivity index (χ3v) is 5.89. The van der Waals surface area contributed by atoms with Crippen LogP contribution >= 0.6 is 11.3 Å². The summed E-state index contributed by atoms with van der Waals surface area (Å²) in [7, 11) is 0. The SMILES string of the molecule is Cc1ccc([B-]2(c3ccccc3)OC(C)(C)C(C)(C)O2)s1. The molecule has 1 aliphatic rings. The molecular weight excluding hydrogens is 279 g/mol. The van der Waals surface area contributed by atoms with Gasteiger partial charge in [-0.2, -0.15) is 11.3 Å². The molecule has 1 saturated heterocycles. The van der Waals surface area contributed by atoms with E-state index in [-0.39, 0.29) is 11.2 Å². The van der Waals surface area contributed by atoms with Gasteiger partial charge in [0.05, 0.1) is 0 Å². The molecule has 21 heavy (non-hydrogen) atoms. The van der Waals surface area contributed by atoms with Crippen LogP contribution in [0.1, 0.15) is 32.6 Å². The summed E-state index contributed by atoms with van der Waals surface area (Å²) < 4.78 is 14.3. The number of thiophene rings is 1. The maximum Gasteiger partial charge on any atom is 0.309 e. The maximum atomic E-state index is 6.59. The highest BCUT2D eigenvalue weighted by atomic mass is 32.1. The molecule has 1 fully saturated rings. The molecule has 0 saturated carbocycles. The maximum absolute atomic E-state index is 6.59. The first kappa shape index (κ1) is 14.8. The van der Waals surface area contributed by atoms with Crippen molar-refractivity contribution in [3.05, 3.63) is 47.3 Å². The lowest BCUT2D eigenvalue weighted by Crippen LogP contribution is -2.60. The highest BCUT2D eigenvalue weighted by Gasteiger charge is 2.53. The van der Waals surface area contributed by atoms with Crippen LogP contribution in [0.3, 0.4) is 0 Å². The second-order valence-corrected chi connectivity index (χ2v) is 8.15. The molecule has 0 unspecified atom stereocenters. The summed E-state index contributed by atoms with van der Waals surface area (Å²) in [5.41, 5.74) is 0.416. The van der Waals surface area contributed by atoms with Crippen molar-refractivity contribution in [1.82, 2.24) is 0 Å². The van der Waals surface area contributed by atoms with Crippen molar-refractivity contribution >= 4 is 28.1 Å². The first-order valence-electron chi connectivity index (χ1n) is 7.44. The Morgan fingerprint density at radius 1 is 0.857 bits per heavy atom. The van der Waals surface area contributed by atoms with Gasteiger partial charge >= 0.3 is 6.55 Å². The molecule has 1 aliphatic heterocycles. The van der Waals surface area contributed by atoms with E-state index >= 15 is 0 Å². The Bertz CT molecular complexity index is 630. The quantitative estimate of drug-likeness (QED) is 0.793. The predicted molar refractivity (Wildman–Crippen MR) is 90.8 cm³/mol. The van der Waals surface area contributed by atoms with Gasteiger partial charge in [-0.15, -0.1) is 5.46 Å². The average molecular weight is 301 g/mol. The predicted octanol–water partition coefficient (Wildman–Crippen LogP) is 3.22. The fourth-order valence-corrected chi connectivity index (χ4v) is 3.95. The summed E-state index contributed by atoms with van der Waals surface area (Å²) in [6.45, 7) is 8.94. The van der Waals surface area contributed by atoms with Gasteiger partial charge in [0, 0.05) is 11.2 Å². The Morgan fingerprint density at radius 2 is 1.43 bits per heavy atom. The second-order valence-electron chi connectivity index (χ2n) is 6.83. The topological polar surface area (TPSA) is 18.5 Å². The molecule has 1 aromatic carbocycles. The van der Waals surface area contributed by atoms with E-state index in [4.69, 9.17) is 9.31 Å². The molecule has 3 rings (SSSR count). The Morgan fingerprint density at radius 3 is 1.90 bits per heavy atom. The van der Waals surface area contributed by atoms with Crippen LogP contribution in [-0.2, 0) is 9.31 Å². The Balaban J connectivity index is 2.19. The number of hydrogen-bond acceptors (Lipinski definition) is 3. The highest BCUT2D eigenvalue weighted by molar-refractivity contribution is 7.27. The van der Waals surface area contributed by atoms with Gasteiger partial charge in [-0.3, -0.25) is 0 Å². The normalized spacial score (nSPS) is 22.3. The smallest absolute Gasteiger partial charge is 0.309 e. The molecular formula is C17H22BO2S-. The largest absolute Gasteiger partial charge is 0.554 e. The van der Waals surface area contributed by atoms with Crippen LogP contribution in [0, 0.1) is 6.92 Å². The van der Waals surface area contributed by atoms with Gasteiger partial charge < -0.3 is 9.31 Å². The lowest BCUT2D eigenvalue weighted by molar-refractivity contribution is 0.00578. The van der Waals surface area contributed by atoms with E-state index in [0.717, 1.165) is 10.2 Å². The van der Waals surface area contributed by atoms with Crippen LogP contribution in [0.2, 0.25) is 0 Å². The summed E-state index contributed by atoms with van der Waals surface area (Å²) in [6.07, 6.45) is 0. The molecule has 0 radical (unpaired) electrons. The molecule has 0 spiro atoms. The average Bonchev–Trinajstić information content (AvgIpc) is 2.92. The lowest BCUT2D eigenvalue weighted by atomic mass is 9.50. The third-order valence-electron chi connectivity index (χ3n) is 4.75. The van der Waals surface area contributed by atoms with E-state index < -0.39 is 6.55 Å². The Hall–Kier alpha value is -1.10. The Labute approximate surface area is 131 Å². The van der Waals surface area contributed by atoms with Gasteiger partial charge in [-0.05, 0) is 39.5 Å². The molecule has 0 bridgehead atoms. The minimum Gasteiger partial charge on any atom is -0.554 e. The second kappa shape index (κ2) is 4.70. The van der Waals surface area contributed by atoms with Crippen LogP contribution < -0.4 is 10.2 Å². The van der Waals surface area contributed by atoms with Crippen LogP contribution in [0.25, 0.3) is 0 Å². The minimum atomic E-state index is -1.62. The summed E-state index contributed by atoms with van der Waals surface area (Å²) in [6, 6.07) is 14.6. The van der Waals surface area contributed by atoms with E-state index in [9.17, 15) is 0 Å². The highest BCUT2D eigenvalue weighted by Crippen LogP contribution is 2.41. The summed E-state index contributed by atoms with van der Waals surface area (Å²) >= 11 is 1.76. The van der Waals surface area contributed by atoms with Crippen molar-refractivity contribution in [3.8, 4) is 0 Å². The standard InChI is InChI=1S/C17H22BO2S/c1-13-11-12-15(21-13)18(14-9-7-6-8-10-14)19-16(2,3)17(4,5)20-18/h6-12H,1-5H3/q-1. The van der Waals surface area contributed by atoms with Gasteiger partial charge in [0.25, 0.3) is 0 Å². The molecule has 0 atom stereocenters. The molecule has 112 valence electrons. The van der Waals surface area contributed by atoms with Crippen molar-refractivity contribution in [1.29, 1.82) is 0 Å². The Kier molecular flexibility index (Phi) is 3.32. The minimum absolute atomic E-state index is 0.346.